The van der Waals surface area contributed by atoms with Crippen LogP contribution in [0.3, 0.4) is 0 Å². The minimum atomic E-state index is -0.00887. The fraction of sp³-hybridized carbons (Fsp3) is 0.462. The first kappa shape index (κ1) is 14.0. The van der Waals surface area contributed by atoms with Gasteiger partial charge in [-0.05, 0) is 38.5 Å². The third-order valence-electron chi connectivity index (χ3n) is 2.76. The number of nitrogens with zero attached hydrogens (tertiary/aromatic N) is 1. The van der Waals surface area contributed by atoms with Gasteiger partial charge in [-0.25, -0.2) is 4.79 Å². The van der Waals surface area contributed by atoms with Crippen molar-refractivity contribution in [3.63, 3.8) is 0 Å². The molecule has 0 spiro atoms. The van der Waals surface area contributed by atoms with Crippen LogP contribution in [0.1, 0.15) is 32.4 Å². The number of carbonyl (C=O) groups is 1. The maximum atomic E-state index is 11.9. The molecule has 0 aliphatic heterocycles. The lowest BCUT2D eigenvalue weighted by Gasteiger charge is -2.22. The first-order valence-electron chi connectivity index (χ1n) is 5.89. The predicted octanol–water partition coefficient (Wildman–Crippen LogP) is 3.56. The number of nitrogens with one attached hydrogen (secondary N) is 1. The Morgan fingerprint density at radius 1 is 1.29 bits per heavy atom. The minimum Gasteiger partial charge on any atom is -0.331 e. The summed E-state index contributed by atoms with van der Waals surface area (Å²) in [6.45, 7) is 7.41. The van der Waals surface area contributed by atoms with E-state index < -0.39 is 0 Å². The van der Waals surface area contributed by atoms with Crippen molar-refractivity contribution >= 4 is 22.0 Å². The molecule has 4 heteroatoms. The van der Waals surface area contributed by atoms with Crippen LogP contribution in [0.25, 0.3) is 0 Å². The molecule has 2 amide bonds. The molecule has 17 heavy (non-hydrogen) atoms. The second kappa shape index (κ2) is 6.64. The third kappa shape index (κ3) is 4.04. The fourth-order valence-electron chi connectivity index (χ4n) is 1.62. The number of amides is 2. The Balaban J connectivity index is 2.62. The van der Waals surface area contributed by atoms with Crippen LogP contribution in [0.15, 0.2) is 28.7 Å². The van der Waals surface area contributed by atoms with Gasteiger partial charge in [-0.3, -0.25) is 0 Å². The van der Waals surface area contributed by atoms with Crippen molar-refractivity contribution in [3.8, 4) is 0 Å². The second-order valence-electron chi connectivity index (χ2n) is 3.90. The molecule has 1 atom stereocenters. The lowest BCUT2D eigenvalue weighted by Crippen LogP contribution is -2.40. The molecule has 94 valence electrons. The third-order valence-corrected chi connectivity index (χ3v) is 3.29. The molecule has 0 saturated carbocycles. The van der Waals surface area contributed by atoms with E-state index in [9.17, 15) is 4.79 Å². The van der Waals surface area contributed by atoms with Gasteiger partial charge < -0.3 is 10.2 Å². The Kier molecular flexibility index (Phi) is 5.48. The zero-order valence-corrected chi connectivity index (χ0v) is 12.1. The van der Waals surface area contributed by atoms with Crippen molar-refractivity contribution in [3.05, 3.63) is 34.3 Å². The standard InChI is InChI=1S/C13H19BrN2O/c1-4-16(5-2)13(17)15-10(3)11-6-8-12(14)9-7-11/h6-10H,4-5H2,1-3H3,(H,15,17)/t10-/m0/s1. The Hall–Kier alpha value is -1.03. The lowest BCUT2D eigenvalue weighted by atomic mass is 10.1. The van der Waals surface area contributed by atoms with E-state index in [0.29, 0.717) is 0 Å². The Labute approximate surface area is 111 Å². The van der Waals surface area contributed by atoms with Crippen LogP contribution in [0.5, 0.6) is 0 Å². The topological polar surface area (TPSA) is 32.3 Å². The van der Waals surface area contributed by atoms with E-state index in [1.54, 1.807) is 4.90 Å². The zero-order valence-electron chi connectivity index (χ0n) is 10.5. The van der Waals surface area contributed by atoms with E-state index in [0.717, 1.165) is 23.1 Å². The molecule has 0 saturated heterocycles. The van der Waals surface area contributed by atoms with E-state index in [2.05, 4.69) is 21.2 Å². The Bertz CT molecular complexity index is 360. The van der Waals surface area contributed by atoms with Crippen LogP contribution in [0, 0.1) is 0 Å². The summed E-state index contributed by atoms with van der Waals surface area (Å²) in [5.74, 6) is 0. The van der Waals surface area contributed by atoms with Crippen LogP contribution in [-0.4, -0.2) is 24.0 Å². The van der Waals surface area contributed by atoms with Gasteiger partial charge in [0, 0.05) is 17.6 Å². The summed E-state index contributed by atoms with van der Waals surface area (Å²) in [7, 11) is 0. The van der Waals surface area contributed by atoms with E-state index in [1.807, 2.05) is 45.0 Å². The summed E-state index contributed by atoms with van der Waals surface area (Å²) in [4.78, 5) is 13.6. The van der Waals surface area contributed by atoms with Crippen LogP contribution < -0.4 is 5.32 Å². The normalized spacial score (nSPS) is 12.0. The highest BCUT2D eigenvalue weighted by molar-refractivity contribution is 9.10. The average molecular weight is 299 g/mol. The number of carbonyl (C=O) groups excluding carboxylic acids is 1. The maximum absolute atomic E-state index is 11.9. The second-order valence-corrected chi connectivity index (χ2v) is 4.81. The van der Waals surface area contributed by atoms with Crippen LogP contribution in [0.4, 0.5) is 4.79 Å². The highest BCUT2D eigenvalue weighted by atomic mass is 79.9. The Morgan fingerprint density at radius 3 is 2.29 bits per heavy atom. The van der Waals surface area contributed by atoms with Crippen molar-refractivity contribution in [1.82, 2.24) is 10.2 Å². The molecule has 1 aromatic rings. The summed E-state index contributed by atoms with van der Waals surface area (Å²) in [5.41, 5.74) is 1.11. The van der Waals surface area contributed by atoms with Crippen molar-refractivity contribution in [2.24, 2.45) is 0 Å². The molecular formula is C13H19BrN2O. The van der Waals surface area contributed by atoms with Crippen molar-refractivity contribution in [2.45, 2.75) is 26.8 Å². The molecule has 0 aliphatic carbocycles. The zero-order chi connectivity index (χ0) is 12.8. The molecule has 1 rings (SSSR count). The number of urea groups is 1. The molecule has 0 fully saturated rings. The van der Waals surface area contributed by atoms with Crippen LogP contribution in [0.2, 0.25) is 0 Å². The van der Waals surface area contributed by atoms with Crippen LogP contribution >= 0.6 is 15.9 Å². The van der Waals surface area contributed by atoms with Crippen molar-refractivity contribution < 1.29 is 4.79 Å². The quantitative estimate of drug-likeness (QED) is 0.906. The number of rotatable bonds is 4. The summed E-state index contributed by atoms with van der Waals surface area (Å²) in [6, 6.07) is 8.00. The first-order chi connectivity index (χ1) is 8.08. The van der Waals surface area contributed by atoms with Crippen molar-refractivity contribution in [1.29, 1.82) is 0 Å². The highest BCUT2D eigenvalue weighted by Crippen LogP contribution is 2.16. The number of hydrogen-bond donors (Lipinski definition) is 1. The molecule has 0 radical (unpaired) electrons. The number of benzene rings is 1. The molecule has 0 aromatic heterocycles. The van der Waals surface area contributed by atoms with E-state index in [4.69, 9.17) is 0 Å². The first-order valence-corrected chi connectivity index (χ1v) is 6.68. The van der Waals surface area contributed by atoms with Gasteiger partial charge in [0.05, 0.1) is 6.04 Å². The molecular weight excluding hydrogens is 280 g/mol. The Morgan fingerprint density at radius 2 is 1.82 bits per heavy atom. The van der Waals surface area contributed by atoms with Crippen molar-refractivity contribution in [2.75, 3.05) is 13.1 Å². The van der Waals surface area contributed by atoms with Gasteiger partial charge in [-0.1, -0.05) is 28.1 Å². The smallest absolute Gasteiger partial charge is 0.317 e. The minimum absolute atomic E-state index is 0.00887. The van der Waals surface area contributed by atoms with Gasteiger partial charge >= 0.3 is 6.03 Å². The lowest BCUT2D eigenvalue weighted by molar-refractivity contribution is 0.200. The predicted molar refractivity (Wildman–Crippen MR) is 74.0 cm³/mol. The molecule has 1 N–H and O–H groups in total. The highest BCUT2D eigenvalue weighted by Gasteiger charge is 2.13. The molecule has 0 bridgehead atoms. The molecule has 3 nitrogen and oxygen atoms in total. The molecule has 0 heterocycles. The van der Waals surface area contributed by atoms with Gasteiger partial charge in [0.2, 0.25) is 0 Å². The van der Waals surface area contributed by atoms with Gasteiger partial charge in [-0.15, -0.1) is 0 Å². The van der Waals surface area contributed by atoms with Gasteiger partial charge in [-0.2, -0.15) is 0 Å². The maximum Gasteiger partial charge on any atom is 0.317 e. The fourth-order valence-corrected chi connectivity index (χ4v) is 1.89. The summed E-state index contributed by atoms with van der Waals surface area (Å²) in [5, 5.41) is 2.99. The van der Waals surface area contributed by atoms with Gasteiger partial charge in [0.1, 0.15) is 0 Å². The molecule has 0 aliphatic rings. The summed E-state index contributed by atoms with van der Waals surface area (Å²) >= 11 is 3.40. The largest absolute Gasteiger partial charge is 0.331 e. The summed E-state index contributed by atoms with van der Waals surface area (Å²) < 4.78 is 1.04. The average Bonchev–Trinajstić information content (AvgIpc) is 2.31. The monoisotopic (exact) mass is 298 g/mol. The van der Waals surface area contributed by atoms with E-state index in [1.165, 1.54) is 0 Å². The molecule has 1 aromatic carbocycles. The van der Waals surface area contributed by atoms with Crippen LogP contribution in [-0.2, 0) is 0 Å². The van der Waals surface area contributed by atoms with Gasteiger partial charge in [0.15, 0.2) is 0 Å². The number of hydrogen-bond acceptors (Lipinski definition) is 1. The van der Waals surface area contributed by atoms with E-state index in [-0.39, 0.29) is 12.1 Å². The van der Waals surface area contributed by atoms with E-state index >= 15 is 0 Å². The SMILES string of the molecule is CCN(CC)C(=O)N[C@@H](C)c1ccc(Br)cc1. The number of halogens is 1. The molecule has 0 unspecified atom stereocenters. The van der Waals surface area contributed by atoms with Gasteiger partial charge in [0.25, 0.3) is 0 Å². The summed E-state index contributed by atoms with van der Waals surface area (Å²) in [6.07, 6.45) is 0.